The van der Waals surface area contributed by atoms with Gasteiger partial charge in [-0.3, -0.25) is 9.79 Å². The van der Waals surface area contributed by atoms with Gasteiger partial charge in [0.25, 0.3) is 0 Å². The van der Waals surface area contributed by atoms with Crippen molar-refractivity contribution < 1.29 is 13.2 Å². The quantitative estimate of drug-likeness (QED) is 0.319. The van der Waals surface area contributed by atoms with E-state index in [2.05, 4.69) is 15.6 Å². The molecule has 1 atom stereocenters. The molecular weight excluding hydrogens is 494 g/mol. The molecule has 0 aliphatic carbocycles. The molecule has 0 saturated carbocycles. The highest BCUT2D eigenvalue weighted by Crippen LogP contribution is 2.29. The summed E-state index contributed by atoms with van der Waals surface area (Å²) in [6, 6.07) is 30.4. The molecule has 7 heteroatoms. The summed E-state index contributed by atoms with van der Waals surface area (Å²) in [7, 11) is -3.65. The van der Waals surface area contributed by atoms with Crippen molar-refractivity contribution in [1.82, 2.24) is 10.6 Å². The molecular formula is C31H31N3O3S. The van der Waals surface area contributed by atoms with Crippen molar-refractivity contribution in [3.05, 3.63) is 114 Å². The lowest BCUT2D eigenvalue weighted by atomic mass is 9.97. The molecule has 4 aromatic rings. The number of hydrogen-bond donors (Lipinski definition) is 2. The van der Waals surface area contributed by atoms with Gasteiger partial charge in [0, 0.05) is 36.4 Å². The van der Waals surface area contributed by atoms with Gasteiger partial charge in [-0.25, -0.2) is 8.42 Å². The molecule has 1 aliphatic rings. The third-order valence-corrected chi connectivity index (χ3v) is 8.71. The standard InChI is InChI=1S/C31H31N3O3S/c35-30(32-18-17-23-13-15-26(16-14-23)31-33-19-20-34-31)21-27(24-7-2-1-3-8-24)22-38(36,37)29-12-6-10-25-9-4-5-11-28(25)29/h1-16,27H,17-22H2,(H,32,35)(H,33,34)/t27-/m0/s1. The molecule has 0 radical (unpaired) electrons. The average molecular weight is 526 g/mol. The average Bonchev–Trinajstić information content (AvgIpc) is 3.48. The summed E-state index contributed by atoms with van der Waals surface area (Å²) in [5, 5.41) is 7.83. The molecule has 0 bridgehead atoms. The molecule has 1 aliphatic heterocycles. The van der Waals surface area contributed by atoms with Crippen LogP contribution in [0.1, 0.15) is 29.0 Å². The first-order valence-electron chi connectivity index (χ1n) is 12.9. The fourth-order valence-corrected chi connectivity index (χ4v) is 6.71. The van der Waals surface area contributed by atoms with E-state index < -0.39 is 15.8 Å². The molecule has 194 valence electrons. The number of carbonyl (C=O) groups excluding carboxylic acids is 1. The second kappa shape index (κ2) is 11.6. The lowest BCUT2D eigenvalue weighted by Gasteiger charge is -2.18. The largest absolute Gasteiger partial charge is 0.368 e. The van der Waals surface area contributed by atoms with E-state index in [1.54, 1.807) is 12.1 Å². The van der Waals surface area contributed by atoms with E-state index in [1.165, 1.54) is 0 Å². The van der Waals surface area contributed by atoms with E-state index in [1.807, 2.05) is 84.9 Å². The monoisotopic (exact) mass is 525 g/mol. The van der Waals surface area contributed by atoms with Crippen LogP contribution in [0.15, 0.2) is 107 Å². The number of fused-ring (bicyclic) bond motifs is 1. The summed E-state index contributed by atoms with van der Waals surface area (Å²) in [6.45, 7) is 2.15. The summed E-state index contributed by atoms with van der Waals surface area (Å²) in [4.78, 5) is 17.7. The number of hydrogen-bond acceptors (Lipinski definition) is 5. The number of carbonyl (C=O) groups is 1. The molecule has 4 aromatic carbocycles. The van der Waals surface area contributed by atoms with Crippen LogP contribution in [0, 0.1) is 0 Å². The van der Waals surface area contributed by atoms with Crippen molar-refractivity contribution in [3.63, 3.8) is 0 Å². The summed E-state index contributed by atoms with van der Waals surface area (Å²) in [5.74, 6) is 0.167. The van der Waals surface area contributed by atoms with Crippen molar-refractivity contribution >= 4 is 32.4 Å². The fourth-order valence-electron chi connectivity index (χ4n) is 4.88. The van der Waals surface area contributed by atoms with Crippen molar-refractivity contribution in [1.29, 1.82) is 0 Å². The van der Waals surface area contributed by atoms with E-state index >= 15 is 0 Å². The molecule has 2 N–H and O–H groups in total. The van der Waals surface area contributed by atoms with E-state index in [0.717, 1.165) is 41.0 Å². The van der Waals surface area contributed by atoms with Crippen LogP contribution in [-0.2, 0) is 21.1 Å². The van der Waals surface area contributed by atoms with Crippen LogP contribution in [0.4, 0.5) is 0 Å². The predicted molar refractivity (Wildman–Crippen MR) is 152 cm³/mol. The minimum absolute atomic E-state index is 0.0957. The summed E-state index contributed by atoms with van der Waals surface area (Å²) < 4.78 is 27.2. The number of nitrogens with zero attached hydrogens (tertiary/aromatic N) is 1. The Bertz CT molecular complexity index is 1540. The maximum atomic E-state index is 13.6. The first-order chi connectivity index (χ1) is 18.5. The van der Waals surface area contributed by atoms with Crippen LogP contribution < -0.4 is 10.6 Å². The highest BCUT2D eigenvalue weighted by molar-refractivity contribution is 7.91. The van der Waals surface area contributed by atoms with Crippen molar-refractivity contribution in [2.24, 2.45) is 4.99 Å². The van der Waals surface area contributed by atoms with Crippen LogP contribution in [0.2, 0.25) is 0 Å². The van der Waals surface area contributed by atoms with E-state index in [4.69, 9.17) is 0 Å². The Hall–Kier alpha value is -3.97. The molecule has 0 fully saturated rings. The molecule has 0 aromatic heterocycles. The van der Waals surface area contributed by atoms with Crippen molar-refractivity contribution in [2.45, 2.75) is 23.7 Å². The number of sulfone groups is 1. The Morgan fingerprint density at radius 2 is 1.63 bits per heavy atom. The van der Waals surface area contributed by atoms with Gasteiger partial charge in [-0.15, -0.1) is 0 Å². The zero-order chi connectivity index (χ0) is 26.4. The smallest absolute Gasteiger partial charge is 0.220 e. The highest BCUT2D eigenvalue weighted by Gasteiger charge is 2.26. The fraction of sp³-hybridized carbons (Fsp3) is 0.226. The number of aliphatic imine (C=N–C) groups is 1. The molecule has 38 heavy (non-hydrogen) atoms. The number of amidine groups is 1. The molecule has 1 heterocycles. The molecule has 5 rings (SSSR count). The van der Waals surface area contributed by atoms with Gasteiger partial charge in [-0.2, -0.15) is 0 Å². The van der Waals surface area contributed by atoms with Crippen LogP contribution in [0.3, 0.4) is 0 Å². The summed E-state index contributed by atoms with van der Waals surface area (Å²) in [6.07, 6.45) is 0.786. The topological polar surface area (TPSA) is 87.6 Å². The normalized spacial score (nSPS) is 14.1. The van der Waals surface area contributed by atoms with E-state index in [-0.39, 0.29) is 18.1 Å². The van der Waals surface area contributed by atoms with Gasteiger partial charge in [0.2, 0.25) is 5.91 Å². The third kappa shape index (κ3) is 6.11. The minimum Gasteiger partial charge on any atom is -0.368 e. The number of rotatable bonds is 10. The molecule has 0 saturated heterocycles. The molecule has 6 nitrogen and oxygen atoms in total. The van der Waals surface area contributed by atoms with Crippen molar-refractivity contribution in [3.8, 4) is 0 Å². The summed E-state index contributed by atoms with van der Waals surface area (Å²) >= 11 is 0. The Balaban J connectivity index is 1.25. The second-order valence-electron chi connectivity index (χ2n) is 9.52. The number of nitrogens with one attached hydrogen (secondary N) is 2. The zero-order valence-corrected chi connectivity index (χ0v) is 22.0. The minimum atomic E-state index is -3.65. The Morgan fingerprint density at radius 3 is 2.39 bits per heavy atom. The van der Waals surface area contributed by atoms with Gasteiger partial charge in [-0.1, -0.05) is 91.0 Å². The van der Waals surface area contributed by atoms with Crippen LogP contribution >= 0.6 is 0 Å². The van der Waals surface area contributed by atoms with Gasteiger partial charge >= 0.3 is 0 Å². The SMILES string of the molecule is O=C(C[C@@H](CS(=O)(=O)c1cccc2ccccc12)c1ccccc1)NCCc1ccc(C2=NCCN2)cc1. The van der Waals surface area contributed by atoms with E-state index in [9.17, 15) is 13.2 Å². The predicted octanol–water partition coefficient (Wildman–Crippen LogP) is 4.50. The maximum Gasteiger partial charge on any atom is 0.220 e. The van der Waals surface area contributed by atoms with Crippen molar-refractivity contribution in [2.75, 3.05) is 25.4 Å². The lowest BCUT2D eigenvalue weighted by molar-refractivity contribution is -0.121. The van der Waals surface area contributed by atoms with Crippen LogP contribution in [-0.4, -0.2) is 45.5 Å². The second-order valence-corrected chi connectivity index (χ2v) is 11.5. The van der Waals surface area contributed by atoms with Gasteiger partial charge in [-0.05, 0) is 29.0 Å². The first kappa shape index (κ1) is 25.7. The molecule has 1 amide bonds. The van der Waals surface area contributed by atoms with Crippen LogP contribution in [0.25, 0.3) is 10.8 Å². The van der Waals surface area contributed by atoms with Gasteiger partial charge in [0.15, 0.2) is 9.84 Å². The number of amides is 1. The first-order valence-corrected chi connectivity index (χ1v) is 14.5. The lowest BCUT2D eigenvalue weighted by Crippen LogP contribution is -2.29. The third-order valence-electron chi connectivity index (χ3n) is 6.85. The van der Waals surface area contributed by atoms with Gasteiger partial charge in [0.1, 0.15) is 5.84 Å². The molecule has 0 spiro atoms. The van der Waals surface area contributed by atoms with Gasteiger partial charge < -0.3 is 10.6 Å². The van der Waals surface area contributed by atoms with E-state index in [0.29, 0.717) is 23.2 Å². The Kier molecular flexibility index (Phi) is 7.84. The van der Waals surface area contributed by atoms with Crippen LogP contribution in [0.5, 0.6) is 0 Å². The highest BCUT2D eigenvalue weighted by atomic mass is 32.2. The Labute approximate surface area is 223 Å². The van der Waals surface area contributed by atoms with Gasteiger partial charge in [0.05, 0.1) is 17.2 Å². The molecule has 0 unspecified atom stereocenters. The summed E-state index contributed by atoms with van der Waals surface area (Å²) in [5.41, 5.74) is 3.02. The number of benzene rings is 4. The zero-order valence-electron chi connectivity index (χ0n) is 21.1. The Morgan fingerprint density at radius 1 is 0.895 bits per heavy atom. The maximum absolute atomic E-state index is 13.6.